The van der Waals surface area contributed by atoms with Crippen LogP contribution in [-0.2, 0) is 0 Å². The normalized spacial score (nSPS) is 10.4. The minimum absolute atomic E-state index is 0.248. The highest BCUT2D eigenvalue weighted by atomic mass is 79.9. The van der Waals surface area contributed by atoms with Gasteiger partial charge in [-0.2, -0.15) is 0 Å². The van der Waals surface area contributed by atoms with Gasteiger partial charge < -0.3 is 4.74 Å². The molecule has 2 aromatic carbocycles. The molecule has 0 aliphatic rings. The molecule has 2 nitrogen and oxygen atoms in total. The summed E-state index contributed by atoms with van der Waals surface area (Å²) in [7, 11) is 0. The zero-order chi connectivity index (χ0) is 14.7. The topological polar surface area (TPSA) is 26.3 Å². The Bertz CT molecular complexity index is 656. The number of halogens is 3. The van der Waals surface area contributed by atoms with E-state index in [1.165, 1.54) is 18.2 Å². The Kier molecular flexibility index (Phi) is 4.49. The van der Waals surface area contributed by atoms with Crippen molar-refractivity contribution in [2.24, 2.45) is 0 Å². The highest BCUT2D eigenvalue weighted by Gasteiger charge is 2.19. The molecule has 20 heavy (non-hydrogen) atoms. The summed E-state index contributed by atoms with van der Waals surface area (Å²) in [5.74, 6) is -2.18. The highest BCUT2D eigenvalue weighted by molar-refractivity contribution is 9.10. The number of hydrogen-bond donors (Lipinski definition) is 0. The first kappa shape index (κ1) is 14.7. The van der Waals surface area contributed by atoms with Crippen molar-refractivity contribution in [1.82, 2.24) is 0 Å². The maximum absolute atomic E-state index is 13.6. The molecule has 0 amide bonds. The smallest absolute Gasteiger partial charge is 0.197 e. The van der Waals surface area contributed by atoms with Crippen LogP contribution in [0.25, 0.3) is 0 Å². The van der Waals surface area contributed by atoms with Gasteiger partial charge in [0.25, 0.3) is 0 Å². The Labute approximate surface area is 123 Å². The minimum Gasteiger partial charge on any atom is -0.494 e. The van der Waals surface area contributed by atoms with Crippen LogP contribution >= 0.6 is 15.9 Å². The molecule has 0 aromatic heterocycles. The zero-order valence-electron chi connectivity index (χ0n) is 10.6. The van der Waals surface area contributed by atoms with E-state index in [-0.39, 0.29) is 11.1 Å². The van der Waals surface area contributed by atoms with Crippen LogP contribution in [0.1, 0.15) is 22.8 Å². The van der Waals surface area contributed by atoms with Crippen molar-refractivity contribution in [2.45, 2.75) is 6.92 Å². The molecule has 0 N–H and O–H groups in total. The number of carbonyl (C=O) groups excluding carboxylic acids is 1. The van der Waals surface area contributed by atoms with E-state index >= 15 is 0 Å². The van der Waals surface area contributed by atoms with Crippen LogP contribution in [0, 0.1) is 11.6 Å². The molecule has 0 aliphatic heterocycles. The van der Waals surface area contributed by atoms with Gasteiger partial charge in [-0.25, -0.2) is 8.78 Å². The lowest BCUT2D eigenvalue weighted by Gasteiger charge is -2.08. The predicted molar refractivity (Wildman–Crippen MR) is 75.1 cm³/mol. The number of carbonyl (C=O) groups is 1. The van der Waals surface area contributed by atoms with E-state index in [1.54, 1.807) is 12.1 Å². The average molecular weight is 341 g/mol. The molecule has 0 heterocycles. The van der Waals surface area contributed by atoms with Crippen LogP contribution in [0.15, 0.2) is 40.9 Å². The Balaban J connectivity index is 2.41. The zero-order valence-corrected chi connectivity index (χ0v) is 12.2. The quantitative estimate of drug-likeness (QED) is 0.773. The van der Waals surface area contributed by atoms with E-state index < -0.39 is 17.4 Å². The second-order valence-corrected chi connectivity index (χ2v) is 4.86. The largest absolute Gasteiger partial charge is 0.494 e. The van der Waals surface area contributed by atoms with Crippen LogP contribution in [0.5, 0.6) is 5.75 Å². The molecule has 0 saturated heterocycles. The van der Waals surface area contributed by atoms with Gasteiger partial charge in [0.05, 0.1) is 12.2 Å². The Morgan fingerprint density at radius 1 is 1.20 bits per heavy atom. The molecule has 5 heteroatoms. The van der Waals surface area contributed by atoms with Crippen molar-refractivity contribution in [3.8, 4) is 5.75 Å². The van der Waals surface area contributed by atoms with Crippen LogP contribution in [-0.4, -0.2) is 12.4 Å². The fourth-order valence-electron chi connectivity index (χ4n) is 1.76. The van der Waals surface area contributed by atoms with Crippen LogP contribution in [0.3, 0.4) is 0 Å². The molecule has 0 spiro atoms. The van der Waals surface area contributed by atoms with Gasteiger partial charge in [-0.1, -0.05) is 6.07 Å². The molecule has 2 aromatic rings. The van der Waals surface area contributed by atoms with Crippen molar-refractivity contribution in [2.75, 3.05) is 6.61 Å². The average Bonchev–Trinajstić information content (AvgIpc) is 2.42. The first-order valence-corrected chi connectivity index (χ1v) is 6.75. The van der Waals surface area contributed by atoms with Gasteiger partial charge in [0.2, 0.25) is 0 Å². The molecular weight excluding hydrogens is 330 g/mol. The molecule has 2 rings (SSSR count). The van der Waals surface area contributed by atoms with E-state index in [1.807, 2.05) is 6.92 Å². The summed E-state index contributed by atoms with van der Waals surface area (Å²) in [5.41, 5.74) is -0.0483. The van der Waals surface area contributed by atoms with E-state index in [4.69, 9.17) is 4.74 Å². The summed E-state index contributed by atoms with van der Waals surface area (Å²) in [6, 6.07) is 8.27. The lowest BCUT2D eigenvalue weighted by Crippen LogP contribution is -2.07. The van der Waals surface area contributed by atoms with E-state index in [2.05, 4.69) is 15.9 Å². The van der Waals surface area contributed by atoms with E-state index in [0.29, 0.717) is 16.8 Å². The van der Waals surface area contributed by atoms with Crippen molar-refractivity contribution < 1.29 is 18.3 Å². The number of ketones is 1. The molecule has 0 bridgehead atoms. The van der Waals surface area contributed by atoms with Crippen LogP contribution in [0.2, 0.25) is 0 Å². The Hall–Kier alpha value is -1.75. The van der Waals surface area contributed by atoms with Gasteiger partial charge in [-0.05, 0) is 53.2 Å². The standard InChI is InChI=1S/C15H11BrF2O2/c1-2-20-9-6-7-10(12(16)8-9)15(19)11-4-3-5-13(17)14(11)18/h3-8H,2H2,1H3. The van der Waals surface area contributed by atoms with E-state index in [0.717, 1.165) is 6.07 Å². The SMILES string of the molecule is CCOc1ccc(C(=O)c2cccc(F)c2F)c(Br)c1. The third-order valence-corrected chi connectivity index (χ3v) is 3.35. The van der Waals surface area contributed by atoms with Crippen LogP contribution in [0.4, 0.5) is 8.78 Å². The molecule has 0 atom stereocenters. The lowest BCUT2D eigenvalue weighted by atomic mass is 10.0. The van der Waals surface area contributed by atoms with Crippen molar-refractivity contribution in [3.63, 3.8) is 0 Å². The first-order valence-electron chi connectivity index (χ1n) is 5.95. The number of ether oxygens (including phenoxy) is 1. The third-order valence-electron chi connectivity index (χ3n) is 2.69. The molecule has 0 saturated carbocycles. The summed E-state index contributed by atoms with van der Waals surface area (Å²) >= 11 is 3.24. The van der Waals surface area contributed by atoms with Crippen molar-refractivity contribution in [1.29, 1.82) is 0 Å². The number of benzene rings is 2. The maximum Gasteiger partial charge on any atom is 0.197 e. The van der Waals surface area contributed by atoms with Crippen molar-refractivity contribution >= 4 is 21.7 Å². The second-order valence-electron chi connectivity index (χ2n) is 4.01. The minimum atomic E-state index is -1.14. The molecular formula is C15H11BrF2O2. The third kappa shape index (κ3) is 2.88. The molecule has 0 unspecified atom stereocenters. The molecule has 0 radical (unpaired) electrons. The highest BCUT2D eigenvalue weighted by Crippen LogP contribution is 2.26. The summed E-state index contributed by atoms with van der Waals surface area (Å²) in [4.78, 5) is 12.2. The molecule has 0 aliphatic carbocycles. The van der Waals surface area contributed by atoms with Gasteiger partial charge >= 0.3 is 0 Å². The van der Waals surface area contributed by atoms with Crippen molar-refractivity contribution in [3.05, 3.63) is 63.6 Å². The number of hydrogen-bond acceptors (Lipinski definition) is 2. The monoisotopic (exact) mass is 340 g/mol. The first-order chi connectivity index (χ1) is 9.54. The molecule has 104 valence electrons. The van der Waals surface area contributed by atoms with Gasteiger partial charge in [0, 0.05) is 10.0 Å². The summed E-state index contributed by atoms with van der Waals surface area (Å²) in [5, 5.41) is 0. The fraction of sp³-hybridized carbons (Fsp3) is 0.133. The second kappa shape index (κ2) is 6.13. The van der Waals surface area contributed by atoms with E-state index in [9.17, 15) is 13.6 Å². The van der Waals surface area contributed by atoms with Crippen LogP contribution < -0.4 is 4.74 Å². The lowest BCUT2D eigenvalue weighted by molar-refractivity contribution is 0.103. The van der Waals surface area contributed by atoms with Gasteiger partial charge in [0.15, 0.2) is 17.4 Å². The molecule has 0 fully saturated rings. The maximum atomic E-state index is 13.6. The predicted octanol–water partition coefficient (Wildman–Crippen LogP) is 4.36. The van der Waals surface area contributed by atoms with Gasteiger partial charge in [-0.15, -0.1) is 0 Å². The van der Waals surface area contributed by atoms with Gasteiger partial charge in [-0.3, -0.25) is 4.79 Å². The summed E-state index contributed by atoms with van der Waals surface area (Å²) in [6.07, 6.45) is 0. The summed E-state index contributed by atoms with van der Waals surface area (Å²) < 4.78 is 32.6. The Morgan fingerprint density at radius 2 is 1.95 bits per heavy atom. The Morgan fingerprint density at radius 3 is 2.60 bits per heavy atom. The number of rotatable bonds is 4. The summed E-state index contributed by atoms with van der Waals surface area (Å²) in [6.45, 7) is 2.34. The fourth-order valence-corrected chi connectivity index (χ4v) is 2.30. The van der Waals surface area contributed by atoms with Gasteiger partial charge in [0.1, 0.15) is 5.75 Å².